The second kappa shape index (κ2) is 5.37. The van der Waals surface area contributed by atoms with Gasteiger partial charge in [-0.3, -0.25) is 4.90 Å². The highest BCUT2D eigenvalue weighted by Crippen LogP contribution is 2.38. The number of nitrogens with one attached hydrogen (secondary N) is 1. The quantitative estimate of drug-likeness (QED) is 0.838. The lowest BCUT2D eigenvalue weighted by atomic mass is 9.84. The van der Waals surface area contributed by atoms with Crippen LogP contribution in [0, 0.1) is 5.92 Å². The zero-order valence-electron chi connectivity index (χ0n) is 13.0. The first-order valence-electron chi connectivity index (χ1n) is 8.66. The van der Waals surface area contributed by atoms with E-state index in [2.05, 4.69) is 24.1 Å². The standard InChI is InChI=1S/C17H32N2/c1-3-16(2)13-18-17(10-6-7-11-17)14-19(16)12-15-8-4-5-9-15/h15,18H,3-14H2,1-2H3. The van der Waals surface area contributed by atoms with E-state index in [-0.39, 0.29) is 0 Å². The van der Waals surface area contributed by atoms with Gasteiger partial charge in [0.25, 0.3) is 0 Å². The average molecular weight is 264 g/mol. The van der Waals surface area contributed by atoms with Gasteiger partial charge in [0, 0.05) is 30.7 Å². The number of hydrogen-bond donors (Lipinski definition) is 1. The molecule has 3 aliphatic rings. The fraction of sp³-hybridized carbons (Fsp3) is 1.00. The van der Waals surface area contributed by atoms with Crippen LogP contribution in [-0.4, -0.2) is 35.6 Å². The van der Waals surface area contributed by atoms with Crippen LogP contribution in [0.4, 0.5) is 0 Å². The summed E-state index contributed by atoms with van der Waals surface area (Å²) in [7, 11) is 0. The van der Waals surface area contributed by atoms with E-state index in [4.69, 9.17) is 0 Å². The molecular weight excluding hydrogens is 232 g/mol. The monoisotopic (exact) mass is 264 g/mol. The van der Waals surface area contributed by atoms with Crippen LogP contribution in [0.1, 0.15) is 71.6 Å². The summed E-state index contributed by atoms with van der Waals surface area (Å²) in [5.74, 6) is 0.988. The molecule has 2 heteroatoms. The van der Waals surface area contributed by atoms with Crippen molar-refractivity contribution in [3.05, 3.63) is 0 Å². The molecule has 0 aromatic carbocycles. The van der Waals surface area contributed by atoms with Gasteiger partial charge in [-0.1, -0.05) is 32.6 Å². The van der Waals surface area contributed by atoms with Gasteiger partial charge < -0.3 is 5.32 Å². The summed E-state index contributed by atoms with van der Waals surface area (Å²) in [4.78, 5) is 2.88. The maximum Gasteiger partial charge on any atom is 0.0309 e. The van der Waals surface area contributed by atoms with Crippen molar-refractivity contribution in [1.29, 1.82) is 0 Å². The van der Waals surface area contributed by atoms with Crippen LogP contribution in [-0.2, 0) is 0 Å². The lowest BCUT2D eigenvalue weighted by molar-refractivity contribution is 0.00358. The normalized spacial score (nSPS) is 36.3. The lowest BCUT2D eigenvalue weighted by Crippen LogP contribution is -2.68. The topological polar surface area (TPSA) is 15.3 Å². The summed E-state index contributed by atoms with van der Waals surface area (Å²) in [5, 5.41) is 3.95. The van der Waals surface area contributed by atoms with Crippen molar-refractivity contribution in [1.82, 2.24) is 10.2 Å². The first kappa shape index (κ1) is 13.9. The van der Waals surface area contributed by atoms with Gasteiger partial charge in [0.15, 0.2) is 0 Å². The third-order valence-corrected chi connectivity index (χ3v) is 6.38. The zero-order valence-corrected chi connectivity index (χ0v) is 13.0. The minimum Gasteiger partial charge on any atom is -0.308 e. The summed E-state index contributed by atoms with van der Waals surface area (Å²) >= 11 is 0. The smallest absolute Gasteiger partial charge is 0.0309 e. The molecule has 1 atom stereocenters. The Bertz CT molecular complexity index is 302. The van der Waals surface area contributed by atoms with Crippen molar-refractivity contribution in [3.8, 4) is 0 Å². The fourth-order valence-corrected chi connectivity index (χ4v) is 4.63. The van der Waals surface area contributed by atoms with Crippen LogP contribution in [0.2, 0.25) is 0 Å². The lowest BCUT2D eigenvalue weighted by Gasteiger charge is -2.53. The molecule has 110 valence electrons. The van der Waals surface area contributed by atoms with Crippen LogP contribution in [0.25, 0.3) is 0 Å². The predicted octanol–water partition coefficient (Wildman–Crippen LogP) is 3.56. The SMILES string of the molecule is CCC1(C)CNC2(CCCC2)CN1CC1CCCC1. The molecule has 3 fully saturated rings. The maximum atomic E-state index is 3.95. The number of nitrogens with zero attached hydrogens (tertiary/aromatic N) is 1. The Hall–Kier alpha value is -0.0800. The molecule has 0 amide bonds. The van der Waals surface area contributed by atoms with Gasteiger partial charge in [0.1, 0.15) is 0 Å². The van der Waals surface area contributed by atoms with Gasteiger partial charge in [-0.15, -0.1) is 0 Å². The summed E-state index contributed by atoms with van der Waals surface area (Å²) in [6, 6.07) is 0. The molecule has 2 aliphatic carbocycles. The van der Waals surface area contributed by atoms with E-state index >= 15 is 0 Å². The second-order valence-corrected chi connectivity index (χ2v) is 7.72. The van der Waals surface area contributed by atoms with E-state index in [1.165, 1.54) is 77.4 Å². The maximum absolute atomic E-state index is 3.95. The van der Waals surface area contributed by atoms with Crippen LogP contribution < -0.4 is 5.32 Å². The van der Waals surface area contributed by atoms with E-state index in [1.54, 1.807) is 0 Å². The molecular formula is C17H32N2. The van der Waals surface area contributed by atoms with Crippen molar-refractivity contribution >= 4 is 0 Å². The fourth-order valence-electron chi connectivity index (χ4n) is 4.63. The third-order valence-electron chi connectivity index (χ3n) is 6.38. The van der Waals surface area contributed by atoms with E-state index in [0.29, 0.717) is 11.1 Å². The van der Waals surface area contributed by atoms with Gasteiger partial charge >= 0.3 is 0 Å². The van der Waals surface area contributed by atoms with Gasteiger partial charge in [0.2, 0.25) is 0 Å². The van der Waals surface area contributed by atoms with Crippen molar-refractivity contribution in [2.75, 3.05) is 19.6 Å². The Labute approximate surface area is 119 Å². The molecule has 0 radical (unpaired) electrons. The Kier molecular flexibility index (Phi) is 3.92. The molecule has 0 aromatic heterocycles. The summed E-state index contributed by atoms with van der Waals surface area (Å²) in [6.07, 6.45) is 12.9. The molecule has 3 rings (SSSR count). The molecule has 0 bridgehead atoms. The Balaban J connectivity index is 1.70. The molecule has 1 saturated heterocycles. The molecule has 1 aliphatic heterocycles. The third kappa shape index (κ3) is 2.71. The van der Waals surface area contributed by atoms with E-state index < -0.39 is 0 Å². The highest BCUT2D eigenvalue weighted by Gasteiger charge is 2.45. The van der Waals surface area contributed by atoms with Crippen LogP contribution in [0.15, 0.2) is 0 Å². The Morgan fingerprint density at radius 1 is 1.11 bits per heavy atom. The largest absolute Gasteiger partial charge is 0.308 e. The van der Waals surface area contributed by atoms with Crippen molar-refractivity contribution in [3.63, 3.8) is 0 Å². The highest BCUT2D eigenvalue weighted by molar-refractivity contribution is 5.05. The van der Waals surface area contributed by atoms with E-state index in [1.807, 2.05) is 0 Å². The average Bonchev–Trinajstić information content (AvgIpc) is 3.07. The second-order valence-electron chi connectivity index (χ2n) is 7.72. The van der Waals surface area contributed by atoms with Crippen molar-refractivity contribution in [2.24, 2.45) is 5.92 Å². The predicted molar refractivity (Wildman–Crippen MR) is 81.4 cm³/mol. The molecule has 1 heterocycles. The van der Waals surface area contributed by atoms with Gasteiger partial charge in [-0.05, 0) is 44.9 Å². The Morgan fingerprint density at radius 2 is 1.79 bits per heavy atom. The van der Waals surface area contributed by atoms with Crippen molar-refractivity contribution in [2.45, 2.75) is 82.7 Å². The molecule has 19 heavy (non-hydrogen) atoms. The van der Waals surface area contributed by atoms with Crippen molar-refractivity contribution < 1.29 is 0 Å². The molecule has 1 N–H and O–H groups in total. The zero-order chi connectivity index (χ0) is 13.3. The van der Waals surface area contributed by atoms with Gasteiger partial charge in [-0.2, -0.15) is 0 Å². The Morgan fingerprint density at radius 3 is 2.42 bits per heavy atom. The summed E-state index contributed by atoms with van der Waals surface area (Å²) in [5.41, 5.74) is 0.879. The van der Waals surface area contributed by atoms with Crippen LogP contribution in [0.5, 0.6) is 0 Å². The van der Waals surface area contributed by atoms with Gasteiger partial charge in [0.05, 0.1) is 0 Å². The summed E-state index contributed by atoms with van der Waals surface area (Å²) < 4.78 is 0. The molecule has 0 aromatic rings. The molecule has 2 nitrogen and oxygen atoms in total. The summed E-state index contributed by atoms with van der Waals surface area (Å²) in [6.45, 7) is 8.74. The van der Waals surface area contributed by atoms with Crippen LogP contribution >= 0.6 is 0 Å². The first-order chi connectivity index (χ1) is 9.16. The molecule has 2 saturated carbocycles. The van der Waals surface area contributed by atoms with E-state index in [9.17, 15) is 0 Å². The van der Waals surface area contributed by atoms with E-state index in [0.717, 1.165) is 5.92 Å². The van der Waals surface area contributed by atoms with Crippen LogP contribution in [0.3, 0.4) is 0 Å². The molecule has 1 spiro atoms. The van der Waals surface area contributed by atoms with Gasteiger partial charge in [-0.25, -0.2) is 0 Å². The number of rotatable bonds is 3. The number of piperazine rings is 1. The first-order valence-corrected chi connectivity index (χ1v) is 8.66. The number of hydrogen-bond acceptors (Lipinski definition) is 2. The minimum atomic E-state index is 0.399. The molecule has 1 unspecified atom stereocenters. The minimum absolute atomic E-state index is 0.399. The highest BCUT2D eigenvalue weighted by atomic mass is 15.3.